The van der Waals surface area contributed by atoms with E-state index >= 15 is 0 Å². The molecule has 3 amide bonds. The Morgan fingerprint density at radius 1 is 1.06 bits per heavy atom. The second-order valence-corrected chi connectivity index (χ2v) is 8.59. The summed E-state index contributed by atoms with van der Waals surface area (Å²) in [4.78, 5) is 46.2. The lowest BCUT2D eigenvalue weighted by molar-refractivity contribution is -0.136. The summed E-state index contributed by atoms with van der Waals surface area (Å²) < 4.78 is 28.4. The summed E-state index contributed by atoms with van der Waals surface area (Å²) in [6.07, 6.45) is 1.88. The van der Waals surface area contributed by atoms with Gasteiger partial charge >= 0.3 is 0 Å². The molecule has 0 spiro atoms. The van der Waals surface area contributed by atoms with Crippen LogP contribution < -0.4 is 10.2 Å². The molecule has 1 atom stereocenters. The second-order valence-electron chi connectivity index (χ2n) is 8.59. The van der Waals surface area contributed by atoms with Crippen molar-refractivity contribution in [2.45, 2.75) is 32.0 Å². The van der Waals surface area contributed by atoms with Crippen LogP contribution in [-0.4, -0.2) is 64.7 Å². The minimum Gasteiger partial charge on any atom is -0.367 e. The third kappa shape index (κ3) is 4.18. The topological polar surface area (TPSA) is 85.9 Å². The summed E-state index contributed by atoms with van der Waals surface area (Å²) in [5.41, 5.74) is 2.01. The molecule has 0 aliphatic carbocycles. The number of carbonyl (C=O) groups excluding carboxylic acids is 3. The lowest BCUT2D eigenvalue weighted by Crippen LogP contribution is -2.52. The van der Waals surface area contributed by atoms with Gasteiger partial charge in [-0.3, -0.25) is 29.6 Å². The highest BCUT2D eigenvalue weighted by Gasteiger charge is 2.39. The molecule has 2 saturated heterocycles. The molecule has 5 rings (SSSR count). The molecule has 1 N–H and O–H groups in total. The van der Waals surface area contributed by atoms with Crippen molar-refractivity contribution < 1.29 is 23.2 Å². The maximum atomic E-state index is 15.0. The van der Waals surface area contributed by atoms with Crippen LogP contribution in [0.1, 0.15) is 34.5 Å². The van der Waals surface area contributed by atoms with E-state index in [4.69, 9.17) is 0 Å². The van der Waals surface area contributed by atoms with E-state index in [0.29, 0.717) is 49.7 Å². The molecule has 3 aliphatic heterocycles. The van der Waals surface area contributed by atoms with Gasteiger partial charge in [-0.2, -0.15) is 0 Å². The van der Waals surface area contributed by atoms with Gasteiger partial charge in [-0.1, -0.05) is 0 Å². The third-order valence-electron chi connectivity index (χ3n) is 6.47. The van der Waals surface area contributed by atoms with E-state index in [-0.39, 0.29) is 36.7 Å². The lowest BCUT2D eigenvalue weighted by Gasteiger charge is -2.36. The van der Waals surface area contributed by atoms with E-state index in [1.54, 1.807) is 6.07 Å². The summed E-state index contributed by atoms with van der Waals surface area (Å²) in [7, 11) is 0. The minimum atomic E-state index is -0.728. The van der Waals surface area contributed by atoms with Gasteiger partial charge in [0, 0.05) is 57.4 Å². The van der Waals surface area contributed by atoms with Gasteiger partial charge in [-0.25, -0.2) is 8.78 Å². The molecule has 0 radical (unpaired) electrons. The fraction of sp³-hybridized carbons (Fsp3) is 0.391. The summed E-state index contributed by atoms with van der Waals surface area (Å²) in [5, 5.41) is 2.27. The first kappa shape index (κ1) is 21.4. The number of benzene rings is 1. The zero-order chi connectivity index (χ0) is 23.1. The van der Waals surface area contributed by atoms with Crippen molar-refractivity contribution in [3.05, 3.63) is 58.9 Å². The van der Waals surface area contributed by atoms with E-state index in [1.165, 1.54) is 29.3 Å². The van der Waals surface area contributed by atoms with Crippen LogP contribution in [0, 0.1) is 11.6 Å². The number of anilines is 1. The number of hydrogen-bond acceptors (Lipinski definition) is 6. The van der Waals surface area contributed by atoms with Crippen LogP contribution in [0.3, 0.4) is 0 Å². The largest absolute Gasteiger partial charge is 0.367 e. The first-order valence-corrected chi connectivity index (χ1v) is 10.9. The number of fused-ring (bicyclic) bond motifs is 1. The van der Waals surface area contributed by atoms with Gasteiger partial charge in [0.1, 0.15) is 17.7 Å². The Morgan fingerprint density at radius 3 is 2.58 bits per heavy atom. The molecule has 3 aliphatic rings. The van der Waals surface area contributed by atoms with Crippen molar-refractivity contribution in [3.8, 4) is 0 Å². The zero-order valence-corrected chi connectivity index (χ0v) is 17.9. The third-order valence-corrected chi connectivity index (χ3v) is 6.47. The van der Waals surface area contributed by atoms with Crippen LogP contribution in [-0.2, 0) is 22.7 Å². The van der Waals surface area contributed by atoms with E-state index in [1.807, 2.05) is 4.90 Å². The smallest absolute Gasteiger partial charge is 0.255 e. The zero-order valence-electron chi connectivity index (χ0n) is 17.9. The average molecular weight is 455 g/mol. The van der Waals surface area contributed by atoms with Crippen molar-refractivity contribution in [3.63, 3.8) is 0 Å². The molecular formula is C23H23F2N5O3. The number of hydrogen-bond donors (Lipinski definition) is 1. The maximum Gasteiger partial charge on any atom is 0.255 e. The van der Waals surface area contributed by atoms with Crippen LogP contribution in [0.25, 0.3) is 0 Å². The number of nitrogens with one attached hydrogen (secondary N) is 1. The number of piperazine rings is 1. The highest BCUT2D eigenvalue weighted by atomic mass is 19.1. The molecule has 1 unspecified atom stereocenters. The molecule has 10 heteroatoms. The number of carbonyl (C=O) groups is 3. The van der Waals surface area contributed by atoms with Gasteiger partial charge in [-0.15, -0.1) is 0 Å². The van der Waals surface area contributed by atoms with E-state index in [0.717, 1.165) is 0 Å². The van der Waals surface area contributed by atoms with E-state index in [9.17, 15) is 23.2 Å². The van der Waals surface area contributed by atoms with Gasteiger partial charge in [0.2, 0.25) is 11.8 Å². The summed E-state index contributed by atoms with van der Waals surface area (Å²) in [6, 6.07) is 4.94. The number of rotatable bonds is 4. The molecule has 1 aromatic carbocycles. The monoisotopic (exact) mass is 455 g/mol. The maximum absolute atomic E-state index is 15.0. The Labute approximate surface area is 189 Å². The number of piperidine rings is 1. The van der Waals surface area contributed by atoms with Gasteiger partial charge in [0.15, 0.2) is 0 Å². The molecule has 4 heterocycles. The summed E-state index contributed by atoms with van der Waals surface area (Å²) in [5.74, 6) is -2.03. The van der Waals surface area contributed by atoms with Crippen molar-refractivity contribution in [1.29, 1.82) is 0 Å². The number of nitrogens with zero attached hydrogens (tertiary/aromatic N) is 4. The first-order valence-electron chi connectivity index (χ1n) is 10.9. The Balaban J connectivity index is 1.27. The van der Waals surface area contributed by atoms with Crippen molar-refractivity contribution in [2.75, 3.05) is 31.1 Å². The Hall–Kier alpha value is -3.40. The molecule has 0 bridgehead atoms. The molecule has 0 saturated carbocycles. The minimum absolute atomic E-state index is 0.172. The second kappa shape index (κ2) is 8.51. The van der Waals surface area contributed by atoms with Crippen LogP contribution in [0.4, 0.5) is 14.5 Å². The van der Waals surface area contributed by atoms with Crippen LogP contribution in [0.2, 0.25) is 0 Å². The standard InChI is InChI=1S/C23H23F2N5O3/c24-15-3-4-26-16(10-15)13-28-5-7-29(8-6-28)20-9-14-12-30(23(33)17(14)11-18(20)25)19-1-2-21(31)27-22(19)32/h3-4,9-11,19H,1-2,5-8,12-13H2,(H,27,31,32). The van der Waals surface area contributed by atoms with Gasteiger partial charge in [0.25, 0.3) is 5.91 Å². The molecule has 33 heavy (non-hydrogen) atoms. The number of pyridine rings is 1. The SMILES string of the molecule is O=C1CCC(N2Cc3cc(N4CCN(Cc5cc(F)ccn5)CC4)c(F)cc3C2=O)C(=O)N1. The average Bonchev–Trinajstić information content (AvgIpc) is 3.09. The highest BCUT2D eigenvalue weighted by Crippen LogP contribution is 2.33. The molecular weight excluding hydrogens is 432 g/mol. The van der Waals surface area contributed by atoms with Crippen molar-refractivity contribution in [2.24, 2.45) is 0 Å². The Kier molecular flexibility index (Phi) is 5.53. The van der Waals surface area contributed by atoms with Crippen molar-refractivity contribution in [1.82, 2.24) is 20.1 Å². The number of aromatic nitrogens is 1. The number of halogens is 2. The van der Waals surface area contributed by atoms with Crippen LogP contribution >= 0.6 is 0 Å². The summed E-state index contributed by atoms with van der Waals surface area (Å²) in [6.45, 7) is 3.21. The highest BCUT2D eigenvalue weighted by molar-refractivity contribution is 6.05. The number of imide groups is 1. The van der Waals surface area contributed by atoms with Crippen LogP contribution in [0.5, 0.6) is 0 Å². The molecule has 2 aromatic rings. The normalized spacial score (nSPS) is 21.4. The fourth-order valence-corrected chi connectivity index (χ4v) is 4.73. The first-order chi connectivity index (χ1) is 15.9. The molecule has 172 valence electrons. The molecule has 2 fully saturated rings. The number of amides is 3. The van der Waals surface area contributed by atoms with Crippen LogP contribution in [0.15, 0.2) is 30.5 Å². The molecule has 1 aromatic heterocycles. The van der Waals surface area contributed by atoms with Gasteiger partial charge < -0.3 is 9.80 Å². The lowest BCUT2D eigenvalue weighted by atomic mass is 10.0. The van der Waals surface area contributed by atoms with Gasteiger partial charge in [0.05, 0.1) is 11.4 Å². The summed E-state index contributed by atoms with van der Waals surface area (Å²) >= 11 is 0. The van der Waals surface area contributed by atoms with E-state index < -0.39 is 23.7 Å². The Bertz CT molecular complexity index is 1130. The Morgan fingerprint density at radius 2 is 1.85 bits per heavy atom. The molecule has 8 nitrogen and oxygen atoms in total. The van der Waals surface area contributed by atoms with E-state index in [2.05, 4.69) is 15.2 Å². The quantitative estimate of drug-likeness (QED) is 0.703. The predicted molar refractivity (Wildman–Crippen MR) is 114 cm³/mol. The van der Waals surface area contributed by atoms with Crippen molar-refractivity contribution >= 4 is 23.4 Å². The fourth-order valence-electron chi connectivity index (χ4n) is 4.73. The van der Waals surface area contributed by atoms with Gasteiger partial charge in [-0.05, 0) is 36.2 Å². The predicted octanol–water partition coefficient (Wildman–Crippen LogP) is 1.44.